The molecule has 2 N–H and O–H groups in total. The Morgan fingerprint density at radius 3 is 2.88 bits per heavy atom. The zero-order chi connectivity index (χ0) is 12.1. The first-order chi connectivity index (χ1) is 7.81. The fourth-order valence-corrected chi connectivity index (χ4v) is 1.81. The molecular weight excluding hydrogens is 226 g/mol. The molecule has 0 heterocycles. The van der Waals surface area contributed by atoms with Crippen LogP contribution < -0.4 is 5.32 Å². The molecule has 0 fully saturated rings. The molecule has 5 heteroatoms. The molecule has 0 aliphatic rings. The van der Waals surface area contributed by atoms with Crippen LogP contribution in [0.15, 0.2) is 0 Å². The lowest BCUT2D eigenvalue weighted by Gasteiger charge is -2.05. The highest BCUT2D eigenvalue weighted by Gasteiger charge is 1.99. The van der Waals surface area contributed by atoms with E-state index < -0.39 is 0 Å². The van der Waals surface area contributed by atoms with E-state index in [-0.39, 0.29) is 12.5 Å². The maximum atomic E-state index is 11.3. The van der Waals surface area contributed by atoms with Crippen molar-refractivity contribution in [3.05, 3.63) is 0 Å². The highest BCUT2D eigenvalue weighted by molar-refractivity contribution is 7.99. The number of aliphatic hydroxyl groups excluding tert-OH is 1. The van der Waals surface area contributed by atoms with Crippen molar-refractivity contribution in [3.8, 4) is 0 Å². The van der Waals surface area contributed by atoms with Crippen LogP contribution in [0.25, 0.3) is 0 Å². The molecule has 0 rings (SSSR count). The van der Waals surface area contributed by atoms with Gasteiger partial charge in [-0.15, -0.1) is 0 Å². The molecule has 0 aromatic rings. The van der Waals surface area contributed by atoms with Crippen molar-refractivity contribution < 1.29 is 14.6 Å². The second-order valence-electron chi connectivity index (χ2n) is 3.40. The van der Waals surface area contributed by atoms with E-state index in [0.717, 1.165) is 31.0 Å². The molecule has 0 radical (unpaired) electrons. The van der Waals surface area contributed by atoms with Gasteiger partial charge in [0, 0.05) is 31.9 Å². The van der Waals surface area contributed by atoms with E-state index in [1.54, 1.807) is 11.8 Å². The molecule has 0 saturated heterocycles. The van der Waals surface area contributed by atoms with Gasteiger partial charge in [0.1, 0.15) is 0 Å². The first-order valence-electron chi connectivity index (χ1n) is 5.84. The lowest BCUT2D eigenvalue weighted by molar-refractivity contribution is -0.122. The van der Waals surface area contributed by atoms with Gasteiger partial charge in [0.25, 0.3) is 0 Å². The predicted octanol–water partition coefficient (Wildman–Crippen LogP) is 1.03. The van der Waals surface area contributed by atoms with Crippen molar-refractivity contribution in [2.45, 2.75) is 26.2 Å². The van der Waals surface area contributed by atoms with Gasteiger partial charge in [-0.25, -0.2) is 0 Å². The number of aliphatic hydroxyl groups is 1. The van der Waals surface area contributed by atoms with Crippen molar-refractivity contribution in [3.63, 3.8) is 0 Å². The topological polar surface area (TPSA) is 58.6 Å². The van der Waals surface area contributed by atoms with E-state index in [9.17, 15) is 4.79 Å². The second kappa shape index (κ2) is 12.8. The van der Waals surface area contributed by atoms with Crippen LogP contribution in [0.2, 0.25) is 0 Å². The standard InChI is InChI=1S/C11H23NO3S/c1-2-7-15-8-4-11(14)12-5-10-16-9-3-6-13/h13H,2-10H2,1H3,(H,12,14). The number of carbonyl (C=O) groups is 1. The Kier molecular flexibility index (Phi) is 12.6. The van der Waals surface area contributed by atoms with Crippen molar-refractivity contribution in [2.24, 2.45) is 0 Å². The maximum Gasteiger partial charge on any atom is 0.222 e. The van der Waals surface area contributed by atoms with E-state index in [1.807, 2.05) is 6.92 Å². The normalized spacial score (nSPS) is 10.4. The molecule has 16 heavy (non-hydrogen) atoms. The van der Waals surface area contributed by atoms with Crippen molar-refractivity contribution in [2.75, 3.05) is 37.9 Å². The molecule has 0 aliphatic carbocycles. The van der Waals surface area contributed by atoms with Crippen molar-refractivity contribution in [1.29, 1.82) is 0 Å². The quantitative estimate of drug-likeness (QED) is 0.537. The van der Waals surface area contributed by atoms with E-state index in [4.69, 9.17) is 9.84 Å². The summed E-state index contributed by atoms with van der Waals surface area (Å²) in [5.41, 5.74) is 0. The minimum absolute atomic E-state index is 0.0545. The number of thioether (sulfide) groups is 1. The van der Waals surface area contributed by atoms with Gasteiger partial charge in [0.15, 0.2) is 0 Å². The summed E-state index contributed by atoms with van der Waals surface area (Å²) in [6.45, 7) is 4.22. The maximum absolute atomic E-state index is 11.3. The van der Waals surface area contributed by atoms with E-state index in [1.165, 1.54) is 0 Å². The number of hydrogen-bond acceptors (Lipinski definition) is 4. The Bertz CT molecular complexity index is 167. The van der Waals surface area contributed by atoms with Crippen molar-refractivity contribution in [1.82, 2.24) is 5.32 Å². The summed E-state index contributed by atoms with van der Waals surface area (Å²) < 4.78 is 5.22. The molecule has 0 bridgehead atoms. The van der Waals surface area contributed by atoms with Crippen molar-refractivity contribution >= 4 is 17.7 Å². The number of nitrogens with one attached hydrogen (secondary N) is 1. The summed E-state index contributed by atoms with van der Waals surface area (Å²) in [6.07, 6.45) is 2.26. The Hall–Kier alpha value is -0.260. The van der Waals surface area contributed by atoms with Gasteiger partial charge in [0.2, 0.25) is 5.91 Å². The minimum atomic E-state index is 0.0545. The SMILES string of the molecule is CCCOCCC(=O)NCCSCCCO. The van der Waals surface area contributed by atoms with Crippen LogP contribution in [0, 0.1) is 0 Å². The summed E-state index contributed by atoms with van der Waals surface area (Å²) in [6, 6.07) is 0. The van der Waals surface area contributed by atoms with Gasteiger partial charge in [-0.3, -0.25) is 4.79 Å². The second-order valence-corrected chi connectivity index (χ2v) is 4.63. The Balaban J connectivity index is 3.11. The van der Waals surface area contributed by atoms with Gasteiger partial charge < -0.3 is 15.2 Å². The first kappa shape index (κ1) is 15.7. The Morgan fingerprint density at radius 1 is 1.38 bits per heavy atom. The third kappa shape index (κ3) is 11.8. The zero-order valence-electron chi connectivity index (χ0n) is 10.0. The smallest absolute Gasteiger partial charge is 0.222 e. The summed E-state index contributed by atoms with van der Waals surface area (Å²) in [5, 5.41) is 11.4. The van der Waals surface area contributed by atoms with E-state index >= 15 is 0 Å². The Labute approximate surface area is 102 Å². The average Bonchev–Trinajstić information content (AvgIpc) is 2.29. The summed E-state index contributed by atoms with van der Waals surface area (Å²) in [7, 11) is 0. The highest BCUT2D eigenvalue weighted by atomic mass is 32.2. The molecule has 4 nitrogen and oxygen atoms in total. The van der Waals surface area contributed by atoms with E-state index in [0.29, 0.717) is 19.6 Å². The first-order valence-corrected chi connectivity index (χ1v) is 6.99. The Morgan fingerprint density at radius 2 is 2.19 bits per heavy atom. The van der Waals surface area contributed by atoms with Gasteiger partial charge >= 0.3 is 0 Å². The predicted molar refractivity (Wildman–Crippen MR) is 67.8 cm³/mol. The largest absolute Gasteiger partial charge is 0.396 e. The molecule has 0 aliphatic heterocycles. The number of rotatable bonds is 11. The third-order valence-corrected chi connectivity index (χ3v) is 2.91. The van der Waals surface area contributed by atoms with Crippen LogP contribution >= 0.6 is 11.8 Å². The van der Waals surface area contributed by atoms with Crippen LogP contribution in [-0.4, -0.2) is 48.9 Å². The van der Waals surface area contributed by atoms with Gasteiger partial charge in [-0.05, 0) is 18.6 Å². The lowest BCUT2D eigenvalue weighted by atomic mass is 10.4. The average molecular weight is 249 g/mol. The number of carbonyl (C=O) groups excluding carboxylic acids is 1. The number of ether oxygens (including phenoxy) is 1. The highest BCUT2D eigenvalue weighted by Crippen LogP contribution is 1.99. The minimum Gasteiger partial charge on any atom is -0.396 e. The molecule has 96 valence electrons. The van der Waals surface area contributed by atoms with Crippen LogP contribution in [0.3, 0.4) is 0 Å². The fourth-order valence-electron chi connectivity index (χ4n) is 1.03. The molecule has 0 aromatic carbocycles. The molecule has 0 aromatic heterocycles. The van der Waals surface area contributed by atoms with E-state index in [2.05, 4.69) is 5.32 Å². The number of amides is 1. The molecule has 0 spiro atoms. The van der Waals surface area contributed by atoms with Crippen LogP contribution in [-0.2, 0) is 9.53 Å². The summed E-state index contributed by atoms with van der Waals surface area (Å²) >= 11 is 1.75. The van der Waals surface area contributed by atoms with Crippen LogP contribution in [0.4, 0.5) is 0 Å². The third-order valence-electron chi connectivity index (χ3n) is 1.84. The fraction of sp³-hybridized carbons (Fsp3) is 0.909. The molecular formula is C11H23NO3S. The van der Waals surface area contributed by atoms with Gasteiger partial charge in [-0.2, -0.15) is 11.8 Å². The molecule has 0 atom stereocenters. The molecule has 0 unspecified atom stereocenters. The summed E-state index contributed by atoms with van der Waals surface area (Å²) in [5.74, 6) is 1.91. The molecule has 0 saturated carbocycles. The number of hydrogen-bond donors (Lipinski definition) is 2. The molecule has 1 amide bonds. The van der Waals surface area contributed by atoms with Gasteiger partial charge in [0.05, 0.1) is 6.61 Å². The van der Waals surface area contributed by atoms with Gasteiger partial charge in [-0.1, -0.05) is 6.92 Å². The zero-order valence-corrected chi connectivity index (χ0v) is 10.9. The lowest BCUT2D eigenvalue weighted by Crippen LogP contribution is -2.26. The van der Waals surface area contributed by atoms with Crippen LogP contribution in [0.5, 0.6) is 0 Å². The monoisotopic (exact) mass is 249 g/mol. The van der Waals surface area contributed by atoms with Crippen LogP contribution in [0.1, 0.15) is 26.2 Å². The summed E-state index contributed by atoms with van der Waals surface area (Å²) in [4.78, 5) is 11.3.